The molecule has 9 heteroatoms. The van der Waals surface area contributed by atoms with Gasteiger partial charge in [0.25, 0.3) is 0 Å². The Balaban J connectivity index is 1.95. The van der Waals surface area contributed by atoms with E-state index in [1.165, 1.54) is 61.7 Å². The van der Waals surface area contributed by atoms with Crippen LogP contribution < -0.4 is 10.2 Å². The first-order chi connectivity index (χ1) is 16.2. The molecule has 0 radical (unpaired) electrons. The average Bonchev–Trinajstić information content (AvgIpc) is 2.83. The number of sulfone groups is 1. The van der Waals surface area contributed by atoms with Crippen LogP contribution in [0, 0.1) is 0 Å². The van der Waals surface area contributed by atoms with Crippen LogP contribution in [0.15, 0.2) is 92.0 Å². The number of hydrogen-bond acceptors (Lipinski definition) is 6. The van der Waals surface area contributed by atoms with Gasteiger partial charge in [0.2, 0.25) is 15.6 Å². The van der Waals surface area contributed by atoms with Crippen molar-refractivity contribution in [3.63, 3.8) is 0 Å². The Hall–Kier alpha value is -3.39. The fourth-order valence-electron chi connectivity index (χ4n) is 3.24. The number of hydrogen-bond donors (Lipinski definition) is 0. The van der Waals surface area contributed by atoms with Gasteiger partial charge in [0.05, 0.1) is 23.0 Å². The maximum absolute atomic E-state index is 13.5. The Labute approximate surface area is 204 Å². The molecule has 0 N–H and O–H groups in total. The van der Waals surface area contributed by atoms with Gasteiger partial charge in [0.1, 0.15) is 22.5 Å². The lowest BCUT2D eigenvalue weighted by molar-refractivity contribution is 0.104. The molecular weight excluding hydrogens is 499 g/mol. The number of rotatable bonds is 6. The summed E-state index contributed by atoms with van der Waals surface area (Å²) in [7, 11) is -2.89. The van der Waals surface area contributed by atoms with Gasteiger partial charge in [-0.3, -0.25) is 9.59 Å². The topological polar surface area (TPSA) is 90.7 Å². The van der Waals surface area contributed by atoms with E-state index in [1.807, 2.05) is 0 Å². The summed E-state index contributed by atoms with van der Waals surface area (Å²) in [4.78, 5) is 25.7. The van der Waals surface area contributed by atoms with Crippen molar-refractivity contribution >= 4 is 55.9 Å². The van der Waals surface area contributed by atoms with Crippen LogP contribution in [0.2, 0.25) is 10.0 Å². The van der Waals surface area contributed by atoms with Crippen molar-refractivity contribution in [1.29, 1.82) is 0 Å². The van der Waals surface area contributed by atoms with E-state index >= 15 is 0 Å². The number of methoxy groups -OCH3 is 1. The molecule has 0 amide bonds. The van der Waals surface area contributed by atoms with E-state index in [1.54, 1.807) is 12.1 Å². The van der Waals surface area contributed by atoms with Crippen LogP contribution in [-0.2, 0) is 9.84 Å². The lowest BCUT2D eigenvalue weighted by Crippen LogP contribution is -2.16. The van der Waals surface area contributed by atoms with Crippen molar-refractivity contribution in [1.82, 2.24) is 0 Å². The predicted octanol–water partition coefficient (Wildman–Crippen LogP) is 5.81. The summed E-state index contributed by atoms with van der Waals surface area (Å²) >= 11 is 11.8. The molecule has 6 nitrogen and oxygen atoms in total. The summed E-state index contributed by atoms with van der Waals surface area (Å²) in [5.41, 5.74) is -0.266. The summed E-state index contributed by atoms with van der Waals surface area (Å²) in [6.45, 7) is 0. The maximum atomic E-state index is 13.5. The molecule has 0 unspecified atom stereocenters. The van der Waals surface area contributed by atoms with E-state index in [-0.39, 0.29) is 27.0 Å². The number of fused-ring (bicyclic) bond motifs is 1. The third-order valence-corrected chi connectivity index (χ3v) is 7.32. The molecule has 0 aliphatic carbocycles. The van der Waals surface area contributed by atoms with Crippen LogP contribution in [0.4, 0.5) is 0 Å². The summed E-state index contributed by atoms with van der Waals surface area (Å²) in [6, 6.07) is 15.8. The molecule has 0 saturated carbocycles. The van der Waals surface area contributed by atoms with Crippen LogP contribution in [0.3, 0.4) is 0 Å². The zero-order valence-corrected chi connectivity index (χ0v) is 19.9. The van der Waals surface area contributed by atoms with Gasteiger partial charge in [-0.2, -0.15) is 0 Å². The second-order valence-electron chi connectivity index (χ2n) is 7.18. The van der Waals surface area contributed by atoms with Gasteiger partial charge in [-0.1, -0.05) is 23.2 Å². The minimum absolute atomic E-state index is 0.0834. The van der Waals surface area contributed by atoms with Gasteiger partial charge in [0.15, 0.2) is 5.43 Å². The number of Topliss-reactive ketones (excluding diaryl/α,β-unsaturated/α-hetero) is 1. The minimum atomic E-state index is -4.34. The van der Waals surface area contributed by atoms with Crippen LogP contribution in [0.25, 0.3) is 17.0 Å². The van der Waals surface area contributed by atoms with E-state index in [4.69, 9.17) is 32.4 Å². The van der Waals surface area contributed by atoms with Gasteiger partial charge >= 0.3 is 0 Å². The number of benzene rings is 3. The Morgan fingerprint density at radius 3 is 2.18 bits per heavy atom. The first kappa shape index (κ1) is 23.8. The SMILES string of the molecule is COc1ccc2occ(/C=C(\C(=O)c3ccc(Cl)cc3)S(=O)(=O)c3ccc(Cl)cc3)c(=O)c2c1. The van der Waals surface area contributed by atoms with Gasteiger partial charge in [-0.25, -0.2) is 8.42 Å². The molecule has 1 heterocycles. The summed E-state index contributed by atoms with van der Waals surface area (Å²) in [6.07, 6.45) is 2.13. The van der Waals surface area contributed by atoms with E-state index in [0.29, 0.717) is 15.8 Å². The fraction of sp³-hybridized carbons (Fsp3) is 0.0400. The number of carbonyl (C=O) groups is 1. The van der Waals surface area contributed by atoms with Gasteiger partial charge in [-0.15, -0.1) is 0 Å². The minimum Gasteiger partial charge on any atom is -0.497 e. The molecule has 0 fully saturated rings. The highest BCUT2D eigenvalue weighted by molar-refractivity contribution is 7.96. The van der Waals surface area contributed by atoms with Gasteiger partial charge in [-0.05, 0) is 72.8 Å². The summed E-state index contributed by atoms with van der Waals surface area (Å²) < 4.78 is 37.7. The first-order valence-electron chi connectivity index (χ1n) is 9.83. The van der Waals surface area contributed by atoms with Crippen LogP contribution >= 0.6 is 23.2 Å². The number of halogens is 2. The lowest BCUT2D eigenvalue weighted by Gasteiger charge is -2.10. The van der Waals surface area contributed by atoms with E-state index in [9.17, 15) is 18.0 Å². The lowest BCUT2D eigenvalue weighted by atomic mass is 10.1. The van der Waals surface area contributed by atoms with Gasteiger partial charge in [0, 0.05) is 15.6 Å². The Morgan fingerprint density at radius 1 is 0.941 bits per heavy atom. The van der Waals surface area contributed by atoms with E-state index in [2.05, 4.69) is 0 Å². The van der Waals surface area contributed by atoms with E-state index < -0.39 is 26.0 Å². The molecule has 1 aromatic heterocycles. The number of carbonyl (C=O) groups excluding carboxylic acids is 1. The second-order valence-corrected chi connectivity index (χ2v) is 9.98. The third-order valence-electron chi connectivity index (χ3n) is 5.04. The Bertz CT molecular complexity index is 1590. The summed E-state index contributed by atoms with van der Waals surface area (Å²) in [5.74, 6) is -0.385. The van der Waals surface area contributed by atoms with Crippen LogP contribution in [0.5, 0.6) is 5.75 Å². The van der Waals surface area contributed by atoms with Gasteiger partial charge < -0.3 is 9.15 Å². The highest BCUT2D eigenvalue weighted by Gasteiger charge is 2.28. The quantitative estimate of drug-likeness (QED) is 0.238. The standard InChI is InChI=1S/C25H16Cl2O6S/c1-32-19-8-11-22-21(13-19)24(28)16(14-33-22)12-23(25(29)15-2-4-17(26)5-3-15)34(30,31)20-9-6-18(27)7-10-20/h2-14H,1H3/b23-12+. The number of ketones is 1. The Morgan fingerprint density at radius 2 is 1.56 bits per heavy atom. The largest absolute Gasteiger partial charge is 0.497 e. The third kappa shape index (κ3) is 4.63. The fourth-order valence-corrected chi connectivity index (χ4v) is 4.89. The number of allylic oxidation sites excluding steroid dienone is 1. The monoisotopic (exact) mass is 514 g/mol. The highest BCUT2D eigenvalue weighted by atomic mass is 35.5. The van der Waals surface area contributed by atoms with Crippen LogP contribution in [-0.4, -0.2) is 21.3 Å². The zero-order valence-electron chi connectivity index (χ0n) is 17.6. The molecule has 4 rings (SSSR count). The second kappa shape index (κ2) is 9.46. The van der Waals surface area contributed by atoms with E-state index in [0.717, 1.165) is 12.3 Å². The molecule has 0 saturated heterocycles. The normalized spacial score (nSPS) is 12.0. The molecule has 0 spiro atoms. The smallest absolute Gasteiger partial charge is 0.210 e. The molecule has 0 aliphatic heterocycles. The molecule has 34 heavy (non-hydrogen) atoms. The summed E-state index contributed by atoms with van der Waals surface area (Å²) in [5, 5.41) is 0.889. The van der Waals surface area contributed by atoms with Crippen molar-refractivity contribution in [3.8, 4) is 5.75 Å². The van der Waals surface area contributed by atoms with Crippen molar-refractivity contribution in [2.45, 2.75) is 4.90 Å². The Kier molecular flexibility index (Phi) is 6.61. The van der Waals surface area contributed by atoms with Crippen molar-refractivity contribution in [3.05, 3.63) is 109 Å². The van der Waals surface area contributed by atoms with Crippen molar-refractivity contribution < 1.29 is 22.4 Å². The predicted molar refractivity (Wildman–Crippen MR) is 131 cm³/mol. The molecule has 3 aromatic carbocycles. The zero-order chi connectivity index (χ0) is 24.5. The highest BCUT2D eigenvalue weighted by Crippen LogP contribution is 2.27. The maximum Gasteiger partial charge on any atom is 0.210 e. The molecule has 172 valence electrons. The molecular formula is C25H16Cl2O6S. The van der Waals surface area contributed by atoms with Crippen molar-refractivity contribution in [2.75, 3.05) is 7.11 Å². The average molecular weight is 515 g/mol. The van der Waals surface area contributed by atoms with Crippen LogP contribution in [0.1, 0.15) is 15.9 Å². The molecule has 0 bridgehead atoms. The first-order valence-corrected chi connectivity index (χ1v) is 12.1. The van der Waals surface area contributed by atoms with Crippen molar-refractivity contribution in [2.24, 2.45) is 0 Å². The molecule has 4 aromatic rings. The molecule has 0 aliphatic rings. The molecule has 0 atom stereocenters. The number of ether oxygens (including phenoxy) is 1.